The molecule has 0 aliphatic heterocycles. The molecule has 2 rings (SSSR count). The molecular formula is C13H13N3OS. The van der Waals surface area contributed by atoms with E-state index < -0.39 is 0 Å². The minimum atomic E-state index is 0.429. The summed E-state index contributed by atoms with van der Waals surface area (Å²) in [7, 11) is 0. The Morgan fingerprint density at radius 1 is 1.33 bits per heavy atom. The first-order valence-corrected chi connectivity index (χ1v) is 5.88. The summed E-state index contributed by atoms with van der Waals surface area (Å²) >= 11 is 5.01. The molecule has 0 fully saturated rings. The van der Waals surface area contributed by atoms with Crippen LogP contribution in [0.5, 0.6) is 0 Å². The van der Waals surface area contributed by atoms with Gasteiger partial charge in [0.1, 0.15) is 5.58 Å². The van der Waals surface area contributed by atoms with Gasteiger partial charge in [-0.2, -0.15) is 0 Å². The van der Waals surface area contributed by atoms with E-state index in [1.165, 1.54) is 0 Å². The van der Waals surface area contributed by atoms with E-state index in [4.69, 9.17) is 16.6 Å². The van der Waals surface area contributed by atoms with E-state index in [-0.39, 0.29) is 0 Å². The van der Waals surface area contributed by atoms with Crippen LogP contribution in [0.15, 0.2) is 58.6 Å². The van der Waals surface area contributed by atoms with Crippen molar-refractivity contribution in [1.29, 1.82) is 0 Å². The van der Waals surface area contributed by atoms with Gasteiger partial charge in [-0.05, 0) is 24.4 Å². The summed E-state index contributed by atoms with van der Waals surface area (Å²) < 4.78 is 5.58. The second kappa shape index (κ2) is 5.97. The number of nitrogens with zero attached hydrogens (tertiary/aromatic N) is 1. The third-order valence-corrected chi connectivity index (χ3v) is 2.45. The number of hydrogen-bond donors (Lipinski definition) is 2. The zero-order valence-corrected chi connectivity index (χ0v) is 10.5. The summed E-state index contributed by atoms with van der Waals surface area (Å²) in [5.41, 5.74) is 3.95. The summed E-state index contributed by atoms with van der Waals surface area (Å²) in [6.45, 7) is 4.18. The van der Waals surface area contributed by atoms with Crippen LogP contribution in [0.3, 0.4) is 0 Å². The maximum atomic E-state index is 5.58. The molecule has 0 radical (unpaired) electrons. The predicted octanol–water partition coefficient (Wildman–Crippen LogP) is 1.90. The van der Waals surface area contributed by atoms with E-state index in [0.29, 0.717) is 17.2 Å². The van der Waals surface area contributed by atoms with Crippen LogP contribution < -0.4 is 16.3 Å². The molecule has 92 valence electrons. The monoisotopic (exact) mass is 259 g/mol. The average Bonchev–Trinajstić information content (AvgIpc) is 2.42. The number of fused-ring (bicyclic) bond motifs is 1. The Morgan fingerprint density at radius 3 is 3.00 bits per heavy atom. The van der Waals surface area contributed by atoms with Crippen molar-refractivity contribution in [3.8, 4) is 0 Å². The lowest BCUT2D eigenvalue weighted by atomic mass is 10.2. The lowest BCUT2D eigenvalue weighted by Crippen LogP contribution is -2.33. The molecule has 0 amide bonds. The smallest absolute Gasteiger partial charge is 0.236 e. The average molecular weight is 259 g/mol. The van der Waals surface area contributed by atoms with Crippen molar-refractivity contribution in [2.45, 2.75) is 0 Å². The molecule has 0 saturated carbocycles. The van der Waals surface area contributed by atoms with Crippen LogP contribution in [0.25, 0.3) is 11.0 Å². The Kier molecular flexibility index (Phi) is 4.09. The molecule has 2 N–H and O–H groups in total. The van der Waals surface area contributed by atoms with Crippen molar-refractivity contribution in [3.63, 3.8) is 0 Å². The van der Waals surface area contributed by atoms with Gasteiger partial charge < -0.3 is 9.73 Å². The highest BCUT2D eigenvalue weighted by Gasteiger charge is 1.94. The number of nitrogens with one attached hydrogen (secondary N) is 2. The van der Waals surface area contributed by atoms with Gasteiger partial charge in [-0.1, -0.05) is 24.3 Å². The summed E-state index contributed by atoms with van der Waals surface area (Å²) in [6.07, 6.45) is 1.72. The van der Waals surface area contributed by atoms with Gasteiger partial charge in [-0.25, -0.2) is 0 Å². The number of rotatable bonds is 3. The molecule has 18 heavy (non-hydrogen) atoms. The van der Waals surface area contributed by atoms with E-state index in [1.807, 2.05) is 30.3 Å². The van der Waals surface area contributed by atoms with Crippen molar-refractivity contribution in [3.05, 3.63) is 54.6 Å². The quantitative estimate of drug-likeness (QED) is 0.502. The Bertz CT molecular complexity index is 633. The van der Waals surface area contributed by atoms with Crippen LogP contribution in [0.2, 0.25) is 0 Å². The summed E-state index contributed by atoms with van der Waals surface area (Å²) in [6, 6.07) is 11.5. The zero-order chi connectivity index (χ0) is 12.8. The first kappa shape index (κ1) is 12.3. The Balaban J connectivity index is 2.15. The van der Waals surface area contributed by atoms with Crippen molar-refractivity contribution in [1.82, 2.24) is 10.7 Å². The second-order valence-electron chi connectivity index (χ2n) is 3.53. The van der Waals surface area contributed by atoms with Crippen LogP contribution in [0.4, 0.5) is 0 Å². The van der Waals surface area contributed by atoms with E-state index in [9.17, 15) is 0 Å². The maximum absolute atomic E-state index is 5.58. The topological polar surface area (TPSA) is 49.6 Å². The summed E-state index contributed by atoms with van der Waals surface area (Å²) in [5, 5.41) is 8.42. The van der Waals surface area contributed by atoms with Gasteiger partial charge in [0.15, 0.2) is 5.11 Å². The van der Waals surface area contributed by atoms with Gasteiger partial charge in [0.2, 0.25) is 5.55 Å². The summed E-state index contributed by atoms with van der Waals surface area (Å²) in [5.74, 6) is 0. The minimum absolute atomic E-state index is 0.429. The molecule has 0 unspecified atom stereocenters. The number of benzene rings is 1. The fraction of sp³-hybridized carbons (Fsp3) is 0.0769. The van der Waals surface area contributed by atoms with Crippen molar-refractivity contribution in [2.24, 2.45) is 5.10 Å². The number of thiocarbonyl (C=S) groups is 1. The molecule has 1 aromatic heterocycles. The Morgan fingerprint density at radius 2 is 2.17 bits per heavy atom. The standard InChI is InChI=1S/C13H13N3OS/c1-2-9-14-13(18)16-15-12-8-7-10-5-3-4-6-11(10)17-12/h2-8H,1,9H2,(H2,14,16,18)/b15-12+. The minimum Gasteiger partial charge on any atom is -0.437 e. The Hall–Kier alpha value is -2.14. The molecule has 2 aromatic rings. The third kappa shape index (κ3) is 3.18. The van der Waals surface area contributed by atoms with Crippen LogP contribution >= 0.6 is 12.2 Å². The highest BCUT2D eigenvalue weighted by atomic mass is 32.1. The van der Waals surface area contributed by atoms with Crippen LogP contribution in [0.1, 0.15) is 0 Å². The van der Waals surface area contributed by atoms with Gasteiger partial charge in [0.05, 0.1) is 0 Å². The molecule has 0 atom stereocenters. The fourth-order valence-electron chi connectivity index (χ4n) is 1.39. The lowest BCUT2D eigenvalue weighted by Gasteiger charge is -2.02. The van der Waals surface area contributed by atoms with E-state index in [1.54, 1.807) is 12.1 Å². The van der Waals surface area contributed by atoms with Gasteiger partial charge in [0, 0.05) is 18.0 Å². The number of para-hydroxylation sites is 1. The van der Waals surface area contributed by atoms with Crippen molar-refractivity contribution >= 4 is 28.3 Å². The normalized spacial score (nSPS) is 11.2. The molecule has 1 aromatic carbocycles. The second-order valence-corrected chi connectivity index (χ2v) is 3.94. The molecule has 4 nitrogen and oxygen atoms in total. The van der Waals surface area contributed by atoms with Gasteiger partial charge in [-0.3, -0.25) is 5.43 Å². The molecule has 0 aliphatic rings. The highest BCUT2D eigenvalue weighted by Crippen LogP contribution is 2.09. The molecular weight excluding hydrogens is 246 g/mol. The molecule has 5 heteroatoms. The lowest BCUT2D eigenvalue weighted by molar-refractivity contribution is 0.530. The van der Waals surface area contributed by atoms with Crippen LogP contribution in [0, 0.1) is 0 Å². The van der Waals surface area contributed by atoms with E-state index >= 15 is 0 Å². The maximum Gasteiger partial charge on any atom is 0.236 e. The third-order valence-electron chi connectivity index (χ3n) is 2.21. The largest absolute Gasteiger partial charge is 0.437 e. The number of hydrogen-bond acceptors (Lipinski definition) is 3. The van der Waals surface area contributed by atoms with Gasteiger partial charge in [-0.15, -0.1) is 11.7 Å². The van der Waals surface area contributed by atoms with Gasteiger partial charge in [0.25, 0.3) is 0 Å². The van der Waals surface area contributed by atoms with Crippen LogP contribution in [-0.4, -0.2) is 11.7 Å². The molecule has 0 aliphatic carbocycles. The van der Waals surface area contributed by atoms with E-state index in [0.717, 1.165) is 11.0 Å². The SMILES string of the molecule is C=CCNC(=S)N/N=c1\ccc2ccccc2o1. The van der Waals surface area contributed by atoms with Crippen molar-refractivity contribution < 1.29 is 4.42 Å². The fourth-order valence-corrected chi connectivity index (χ4v) is 1.52. The molecule has 0 spiro atoms. The molecule has 1 heterocycles. The molecule has 0 bridgehead atoms. The van der Waals surface area contributed by atoms with E-state index in [2.05, 4.69) is 22.4 Å². The van der Waals surface area contributed by atoms with Crippen molar-refractivity contribution in [2.75, 3.05) is 6.54 Å². The summed E-state index contributed by atoms with van der Waals surface area (Å²) in [4.78, 5) is 0. The highest BCUT2D eigenvalue weighted by molar-refractivity contribution is 7.80. The predicted molar refractivity (Wildman–Crippen MR) is 75.7 cm³/mol. The Labute approximate surface area is 110 Å². The first-order chi connectivity index (χ1) is 8.79. The van der Waals surface area contributed by atoms with Crippen LogP contribution in [-0.2, 0) is 0 Å². The zero-order valence-electron chi connectivity index (χ0n) is 9.72. The first-order valence-electron chi connectivity index (χ1n) is 5.47. The van der Waals surface area contributed by atoms with Gasteiger partial charge >= 0.3 is 0 Å². The molecule has 0 saturated heterocycles.